The number of nitrogens with two attached hydrogens (primary N) is 1. The first kappa shape index (κ1) is 14.0. The van der Waals surface area contributed by atoms with E-state index in [0.29, 0.717) is 23.5 Å². The number of nitrogen functional groups attached to an aromatic ring is 1. The number of nitro groups is 1. The van der Waals surface area contributed by atoms with Crippen molar-refractivity contribution < 1.29 is 4.92 Å². The van der Waals surface area contributed by atoms with Crippen LogP contribution in [0.3, 0.4) is 0 Å². The molecule has 1 aromatic rings. The molecule has 114 valence electrons. The predicted octanol–water partition coefficient (Wildman–Crippen LogP) is 1.75. The van der Waals surface area contributed by atoms with Gasteiger partial charge in [-0.3, -0.25) is 15.5 Å². The Morgan fingerprint density at radius 3 is 2.81 bits per heavy atom. The number of rotatable bonds is 3. The Morgan fingerprint density at radius 2 is 2.10 bits per heavy atom. The van der Waals surface area contributed by atoms with Crippen LogP contribution in [0.15, 0.2) is 0 Å². The van der Waals surface area contributed by atoms with Gasteiger partial charge >= 0.3 is 5.69 Å². The molecule has 1 saturated heterocycles. The first-order chi connectivity index (χ1) is 10.1. The minimum absolute atomic E-state index is 0.00144. The first-order valence-corrected chi connectivity index (χ1v) is 7.38. The maximum atomic E-state index is 11.4. The van der Waals surface area contributed by atoms with Gasteiger partial charge in [0.25, 0.3) is 0 Å². The Labute approximate surface area is 122 Å². The monoisotopic (exact) mass is 292 g/mol. The molecule has 3 rings (SSSR count). The van der Waals surface area contributed by atoms with Gasteiger partial charge in [0.1, 0.15) is 5.69 Å². The highest BCUT2D eigenvalue weighted by Gasteiger charge is 2.39. The van der Waals surface area contributed by atoms with E-state index < -0.39 is 0 Å². The summed E-state index contributed by atoms with van der Waals surface area (Å²) >= 11 is 0. The van der Waals surface area contributed by atoms with Gasteiger partial charge in [-0.2, -0.15) is 4.98 Å². The number of nitrogens with one attached hydrogen (secondary N) is 1. The van der Waals surface area contributed by atoms with Gasteiger partial charge < -0.3 is 4.90 Å². The summed E-state index contributed by atoms with van der Waals surface area (Å²) in [5.74, 6) is 6.66. The van der Waals surface area contributed by atoms with E-state index in [4.69, 9.17) is 5.84 Å². The van der Waals surface area contributed by atoms with Crippen LogP contribution in [0, 0.1) is 23.0 Å². The van der Waals surface area contributed by atoms with Crippen LogP contribution in [0.4, 0.5) is 17.5 Å². The van der Waals surface area contributed by atoms with Crippen molar-refractivity contribution in [2.45, 2.75) is 45.1 Å². The number of hydrogen-bond donors (Lipinski definition) is 2. The van der Waals surface area contributed by atoms with E-state index in [1.807, 2.05) is 0 Å². The van der Waals surface area contributed by atoms with Crippen LogP contribution in [0.2, 0.25) is 0 Å². The molecule has 1 aromatic heterocycles. The fourth-order valence-electron chi connectivity index (χ4n) is 3.75. The standard InChI is InChI=1S/C13H20N6O2/c1-8-11(19(20)21)12(16-13(15-8)17-14)18-7-3-5-9-4-2-6-10(9)18/h9-10H,2-7,14H2,1H3,(H,15,16,17). The molecule has 2 heterocycles. The fraction of sp³-hybridized carbons (Fsp3) is 0.692. The van der Waals surface area contributed by atoms with Crippen molar-refractivity contribution in [2.24, 2.45) is 11.8 Å². The molecule has 0 radical (unpaired) electrons. The smallest absolute Gasteiger partial charge is 0.332 e. The summed E-state index contributed by atoms with van der Waals surface area (Å²) in [5.41, 5.74) is 2.75. The van der Waals surface area contributed by atoms with Gasteiger partial charge in [-0.05, 0) is 38.5 Å². The number of piperidine rings is 1. The quantitative estimate of drug-likeness (QED) is 0.496. The Morgan fingerprint density at radius 1 is 1.33 bits per heavy atom. The second-order valence-electron chi connectivity index (χ2n) is 5.80. The molecule has 2 unspecified atom stereocenters. The zero-order chi connectivity index (χ0) is 15.0. The van der Waals surface area contributed by atoms with E-state index in [1.165, 1.54) is 19.3 Å². The van der Waals surface area contributed by atoms with Gasteiger partial charge in [0.15, 0.2) is 0 Å². The molecule has 1 aliphatic heterocycles. The number of hydrogen-bond acceptors (Lipinski definition) is 7. The molecule has 0 amide bonds. The van der Waals surface area contributed by atoms with E-state index in [-0.39, 0.29) is 16.6 Å². The third-order valence-electron chi connectivity index (χ3n) is 4.62. The summed E-state index contributed by atoms with van der Waals surface area (Å²) in [6.45, 7) is 2.43. The second-order valence-corrected chi connectivity index (χ2v) is 5.80. The molecule has 2 aliphatic rings. The van der Waals surface area contributed by atoms with E-state index in [9.17, 15) is 10.1 Å². The largest absolute Gasteiger partial charge is 0.347 e. The van der Waals surface area contributed by atoms with Gasteiger partial charge in [-0.15, -0.1) is 0 Å². The zero-order valence-electron chi connectivity index (χ0n) is 12.1. The van der Waals surface area contributed by atoms with Gasteiger partial charge in [0.2, 0.25) is 11.8 Å². The summed E-state index contributed by atoms with van der Waals surface area (Å²) < 4.78 is 0. The van der Waals surface area contributed by atoms with Crippen molar-refractivity contribution in [3.8, 4) is 0 Å². The maximum absolute atomic E-state index is 11.4. The molecular formula is C13H20N6O2. The molecule has 1 saturated carbocycles. The minimum atomic E-state index is -0.385. The van der Waals surface area contributed by atoms with Crippen molar-refractivity contribution >= 4 is 17.5 Å². The lowest BCUT2D eigenvalue weighted by atomic mass is 9.92. The molecule has 2 atom stereocenters. The maximum Gasteiger partial charge on any atom is 0.332 e. The molecule has 1 aliphatic carbocycles. The highest BCUT2D eigenvalue weighted by Crippen LogP contribution is 2.41. The average Bonchev–Trinajstić information content (AvgIpc) is 2.94. The van der Waals surface area contributed by atoms with E-state index in [0.717, 1.165) is 19.4 Å². The summed E-state index contributed by atoms with van der Waals surface area (Å²) in [7, 11) is 0. The van der Waals surface area contributed by atoms with Crippen LogP contribution in [-0.4, -0.2) is 27.5 Å². The van der Waals surface area contributed by atoms with Crippen molar-refractivity contribution in [1.82, 2.24) is 9.97 Å². The Balaban J connectivity index is 2.07. The summed E-state index contributed by atoms with van der Waals surface area (Å²) in [6, 6.07) is 0.359. The van der Waals surface area contributed by atoms with Gasteiger partial charge in [0, 0.05) is 12.6 Å². The first-order valence-electron chi connectivity index (χ1n) is 7.38. The predicted molar refractivity (Wildman–Crippen MR) is 78.9 cm³/mol. The highest BCUT2D eigenvalue weighted by molar-refractivity contribution is 5.63. The Hall–Kier alpha value is -1.96. The topological polar surface area (TPSA) is 110 Å². The molecule has 8 heteroatoms. The van der Waals surface area contributed by atoms with E-state index in [1.54, 1.807) is 6.92 Å². The number of nitrogens with zero attached hydrogens (tertiary/aromatic N) is 4. The third kappa shape index (κ3) is 2.39. The lowest BCUT2D eigenvalue weighted by molar-refractivity contribution is -0.385. The Kier molecular flexibility index (Phi) is 3.62. The molecule has 0 spiro atoms. The molecule has 3 N–H and O–H groups in total. The third-order valence-corrected chi connectivity index (χ3v) is 4.62. The Bertz CT molecular complexity index is 564. The lowest BCUT2D eigenvalue weighted by Crippen LogP contribution is -2.43. The van der Waals surface area contributed by atoms with Crippen molar-refractivity contribution in [3.63, 3.8) is 0 Å². The molecule has 8 nitrogen and oxygen atoms in total. The van der Waals surface area contributed by atoms with Crippen LogP contribution < -0.4 is 16.2 Å². The summed E-state index contributed by atoms with van der Waals surface area (Å²) in [4.78, 5) is 21.5. The van der Waals surface area contributed by atoms with Crippen LogP contribution in [0.5, 0.6) is 0 Å². The number of hydrazine groups is 1. The molecule has 21 heavy (non-hydrogen) atoms. The van der Waals surface area contributed by atoms with Gasteiger partial charge in [0.05, 0.1) is 4.92 Å². The summed E-state index contributed by atoms with van der Waals surface area (Å²) in [5, 5.41) is 11.4. The fourth-order valence-corrected chi connectivity index (χ4v) is 3.75. The van der Waals surface area contributed by atoms with Crippen LogP contribution >= 0.6 is 0 Å². The van der Waals surface area contributed by atoms with Crippen molar-refractivity contribution in [1.29, 1.82) is 0 Å². The second kappa shape index (κ2) is 5.44. The molecule has 2 fully saturated rings. The minimum Gasteiger partial charge on any atom is -0.347 e. The van der Waals surface area contributed by atoms with Crippen LogP contribution in [0.1, 0.15) is 37.8 Å². The highest BCUT2D eigenvalue weighted by atomic mass is 16.6. The number of anilines is 2. The van der Waals surface area contributed by atoms with Crippen molar-refractivity contribution in [2.75, 3.05) is 16.9 Å². The number of fused-ring (bicyclic) bond motifs is 1. The average molecular weight is 292 g/mol. The van der Waals surface area contributed by atoms with Gasteiger partial charge in [-0.25, -0.2) is 10.8 Å². The van der Waals surface area contributed by atoms with E-state index >= 15 is 0 Å². The normalized spacial score (nSPS) is 24.8. The molecule has 0 aromatic carbocycles. The molecular weight excluding hydrogens is 272 g/mol. The number of aromatic nitrogens is 2. The van der Waals surface area contributed by atoms with E-state index in [2.05, 4.69) is 20.3 Å². The van der Waals surface area contributed by atoms with Crippen LogP contribution in [-0.2, 0) is 0 Å². The van der Waals surface area contributed by atoms with Gasteiger partial charge in [-0.1, -0.05) is 6.42 Å². The summed E-state index contributed by atoms with van der Waals surface area (Å²) in [6.07, 6.45) is 5.73. The SMILES string of the molecule is Cc1nc(NN)nc(N2CCCC3CCCC32)c1[N+](=O)[O-]. The van der Waals surface area contributed by atoms with Crippen LogP contribution in [0.25, 0.3) is 0 Å². The van der Waals surface area contributed by atoms with Crippen molar-refractivity contribution in [3.05, 3.63) is 15.8 Å². The molecule has 0 bridgehead atoms. The zero-order valence-corrected chi connectivity index (χ0v) is 12.1. The lowest BCUT2D eigenvalue weighted by Gasteiger charge is -2.38. The number of aryl methyl sites for hydroxylation is 1.